The van der Waals surface area contributed by atoms with Gasteiger partial charge in [-0.2, -0.15) is 0 Å². The van der Waals surface area contributed by atoms with Crippen LogP contribution in [0.5, 0.6) is 0 Å². The third-order valence-electron chi connectivity index (χ3n) is 5.39. The fraction of sp³-hybridized carbons (Fsp3) is 0.318. The summed E-state index contributed by atoms with van der Waals surface area (Å²) in [5.74, 6) is -0.789. The van der Waals surface area contributed by atoms with Gasteiger partial charge < -0.3 is 15.0 Å². The number of aromatic nitrogens is 1. The maximum absolute atomic E-state index is 14.6. The molecule has 4 nitrogen and oxygen atoms in total. The van der Waals surface area contributed by atoms with Crippen molar-refractivity contribution in [3.05, 3.63) is 70.6 Å². The van der Waals surface area contributed by atoms with E-state index in [0.29, 0.717) is 28.9 Å². The van der Waals surface area contributed by atoms with Crippen LogP contribution in [0, 0.1) is 5.82 Å². The lowest BCUT2D eigenvalue weighted by molar-refractivity contribution is 0.0718. The summed E-state index contributed by atoms with van der Waals surface area (Å²) in [6.45, 7) is 0.472. The molecule has 146 valence electrons. The van der Waals surface area contributed by atoms with Crippen LogP contribution in [0.25, 0.3) is 10.9 Å². The normalized spacial score (nSPS) is 19.7. The van der Waals surface area contributed by atoms with E-state index in [4.69, 9.17) is 11.6 Å². The molecule has 1 aromatic heterocycles. The van der Waals surface area contributed by atoms with E-state index in [-0.39, 0.29) is 17.5 Å². The summed E-state index contributed by atoms with van der Waals surface area (Å²) in [6, 6.07) is 12.0. The largest absolute Gasteiger partial charge is 0.391 e. The van der Waals surface area contributed by atoms with Crippen molar-refractivity contribution in [3.8, 4) is 0 Å². The van der Waals surface area contributed by atoms with Crippen molar-refractivity contribution in [2.45, 2.75) is 44.4 Å². The molecule has 0 aliphatic heterocycles. The summed E-state index contributed by atoms with van der Waals surface area (Å²) in [6.07, 6.45) is 4.46. The van der Waals surface area contributed by atoms with Gasteiger partial charge in [-0.3, -0.25) is 4.79 Å². The van der Waals surface area contributed by atoms with Gasteiger partial charge in [0.25, 0.3) is 5.91 Å². The maximum atomic E-state index is 14.6. The Bertz CT molecular complexity index is 1020. The third-order valence-corrected chi connectivity index (χ3v) is 5.62. The van der Waals surface area contributed by atoms with E-state index < -0.39 is 11.9 Å². The van der Waals surface area contributed by atoms with Gasteiger partial charge in [-0.25, -0.2) is 4.39 Å². The molecule has 2 N–H and O–H groups in total. The van der Waals surface area contributed by atoms with Crippen LogP contribution in [-0.2, 0) is 6.54 Å². The summed E-state index contributed by atoms with van der Waals surface area (Å²) >= 11 is 6.08. The molecule has 0 saturated heterocycles. The summed E-state index contributed by atoms with van der Waals surface area (Å²) in [4.78, 5) is 12.9. The summed E-state index contributed by atoms with van der Waals surface area (Å²) in [5.41, 5.74) is 1.89. The van der Waals surface area contributed by atoms with Crippen LogP contribution in [0.3, 0.4) is 0 Å². The number of rotatable bonds is 4. The van der Waals surface area contributed by atoms with Gasteiger partial charge in [0.15, 0.2) is 0 Å². The molecular weight excluding hydrogens is 379 g/mol. The first-order valence-corrected chi connectivity index (χ1v) is 9.91. The number of aliphatic hydroxyl groups is 1. The quantitative estimate of drug-likeness (QED) is 0.676. The minimum atomic E-state index is -0.553. The molecule has 2 unspecified atom stereocenters. The number of aliphatic hydroxyl groups excluding tert-OH is 1. The Labute approximate surface area is 167 Å². The van der Waals surface area contributed by atoms with Gasteiger partial charge in [-0.1, -0.05) is 42.6 Å². The number of nitrogens with zero attached hydrogens (tertiary/aromatic N) is 1. The van der Waals surface area contributed by atoms with E-state index in [0.717, 1.165) is 24.8 Å². The van der Waals surface area contributed by atoms with Crippen LogP contribution in [0.1, 0.15) is 41.6 Å². The molecule has 1 aliphatic carbocycles. The number of carbonyl (C=O) groups is 1. The molecular formula is C22H22ClFN2O2. The first-order chi connectivity index (χ1) is 13.5. The lowest BCUT2D eigenvalue weighted by Crippen LogP contribution is -2.45. The predicted molar refractivity (Wildman–Crippen MR) is 108 cm³/mol. The van der Waals surface area contributed by atoms with E-state index >= 15 is 0 Å². The van der Waals surface area contributed by atoms with E-state index in [1.54, 1.807) is 24.4 Å². The Kier molecular flexibility index (Phi) is 5.38. The highest BCUT2D eigenvalue weighted by Crippen LogP contribution is 2.27. The van der Waals surface area contributed by atoms with Gasteiger partial charge in [0.2, 0.25) is 0 Å². The average Bonchev–Trinajstić information content (AvgIpc) is 3.04. The van der Waals surface area contributed by atoms with E-state index in [1.807, 2.05) is 22.8 Å². The molecule has 0 spiro atoms. The van der Waals surface area contributed by atoms with Crippen molar-refractivity contribution in [3.63, 3.8) is 0 Å². The number of fused-ring (bicyclic) bond motifs is 1. The van der Waals surface area contributed by atoms with Crippen molar-refractivity contribution in [1.29, 1.82) is 0 Å². The smallest absolute Gasteiger partial charge is 0.253 e. The molecule has 2 aromatic carbocycles. The molecule has 1 amide bonds. The van der Waals surface area contributed by atoms with Crippen LogP contribution in [0.2, 0.25) is 5.02 Å². The maximum Gasteiger partial charge on any atom is 0.253 e. The highest BCUT2D eigenvalue weighted by molar-refractivity contribution is 6.30. The standard InChI is InChI=1S/C22H22ClFN2O2/c23-15-6-3-5-14(11-15)12-26-13-16(21-17(24)7-4-9-19(21)26)22(28)25-18-8-1-2-10-20(18)27/h3-7,9,11,13,18,20,27H,1-2,8,10,12H2,(H,25,28). The second kappa shape index (κ2) is 7.94. The number of carbonyl (C=O) groups excluding carboxylic acids is 1. The van der Waals surface area contributed by atoms with Gasteiger partial charge in [0.05, 0.1) is 23.2 Å². The molecule has 6 heteroatoms. The number of halogens is 2. The number of benzene rings is 2. The van der Waals surface area contributed by atoms with Crippen molar-refractivity contribution < 1.29 is 14.3 Å². The predicted octanol–water partition coefficient (Wildman–Crippen LogP) is 4.52. The minimum Gasteiger partial charge on any atom is -0.391 e. The third kappa shape index (κ3) is 3.77. The lowest BCUT2D eigenvalue weighted by Gasteiger charge is -2.28. The molecule has 0 radical (unpaired) electrons. The molecule has 0 bridgehead atoms. The van der Waals surface area contributed by atoms with Crippen LogP contribution in [-0.4, -0.2) is 27.7 Å². The Morgan fingerprint density at radius 2 is 2.00 bits per heavy atom. The molecule has 1 saturated carbocycles. The van der Waals surface area contributed by atoms with E-state index in [1.165, 1.54) is 6.07 Å². The Morgan fingerprint density at radius 3 is 2.79 bits per heavy atom. The number of hydrogen-bond donors (Lipinski definition) is 2. The minimum absolute atomic E-state index is 0.285. The fourth-order valence-corrected chi connectivity index (χ4v) is 4.18. The van der Waals surface area contributed by atoms with Crippen molar-refractivity contribution in [2.75, 3.05) is 0 Å². The van der Waals surface area contributed by atoms with E-state index in [9.17, 15) is 14.3 Å². The Morgan fingerprint density at radius 1 is 1.21 bits per heavy atom. The fourth-order valence-electron chi connectivity index (χ4n) is 3.97. The molecule has 2 atom stereocenters. The molecule has 1 heterocycles. The summed E-state index contributed by atoms with van der Waals surface area (Å²) in [5, 5.41) is 14.0. The highest BCUT2D eigenvalue weighted by atomic mass is 35.5. The summed E-state index contributed by atoms with van der Waals surface area (Å²) < 4.78 is 16.5. The van der Waals surface area contributed by atoms with Gasteiger partial charge in [0.1, 0.15) is 5.82 Å². The van der Waals surface area contributed by atoms with Gasteiger partial charge in [-0.05, 0) is 42.7 Å². The van der Waals surface area contributed by atoms with Gasteiger partial charge >= 0.3 is 0 Å². The van der Waals surface area contributed by atoms with Crippen LogP contribution in [0.15, 0.2) is 48.7 Å². The summed E-state index contributed by atoms with van der Waals surface area (Å²) in [7, 11) is 0. The van der Waals surface area contributed by atoms with Crippen LogP contribution in [0.4, 0.5) is 4.39 Å². The average molecular weight is 401 g/mol. The van der Waals surface area contributed by atoms with Crippen LogP contribution >= 0.6 is 11.6 Å². The molecule has 1 aliphatic rings. The van der Waals surface area contributed by atoms with Gasteiger partial charge in [0, 0.05) is 23.2 Å². The second-order valence-corrected chi connectivity index (χ2v) is 7.80. The first kappa shape index (κ1) is 19.0. The second-order valence-electron chi connectivity index (χ2n) is 7.37. The van der Waals surface area contributed by atoms with Crippen molar-refractivity contribution in [1.82, 2.24) is 9.88 Å². The zero-order valence-corrected chi connectivity index (χ0v) is 16.1. The molecule has 1 fully saturated rings. The number of nitrogens with one attached hydrogen (secondary N) is 1. The van der Waals surface area contributed by atoms with Crippen molar-refractivity contribution >= 4 is 28.4 Å². The number of hydrogen-bond acceptors (Lipinski definition) is 2. The van der Waals surface area contributed by atoms with Crippen molar-refractivity contribution in [2.24, 2.45) is 0 Å². The van der Waals surface area contributed by atoms with Gasteiger partial charge in [-0.15, -0.1) is 0 Å². The molecule has 3 aromatic rings. The Hall–Kier alpha value is -2.37. The lowest BCUT2D eigenvalue weighted by atomic mass is 9.92. The topological polar surface area (TPSA) is 54.3 Å². The Balaban J connectivity index is 1.69. The highest BCUT2D eigenvalue weighted by Gasteiger charge is 2.27. The first-order valence-electron chi connectivity index (χ1n) is 9.53. The molecule has 28 heavy (non-hydrogen) atoms. The zero-order chi connectivity index (χ0) is 19.7. The SMILES string of the molecule is O=C(NC1CCCCC1O)c1cn(Cc2cccc(Cl)c2)c2cccc(F)c12. The molecule has 4 rings (SSSR count). The zero-order valence-electron chi connectivity index (χ0n) is 15.4. The van der Waals surface area contributed by atoms with Crippen LogP contribution < -0.4 is 5.32 Å². The monoisotopic (exact) mass is 400 g/mol. The van der Waals surface area contributed by atoms with E-state index in [2.05, 4.69) is 5.32 Å². The number of amides is 1.